The average Bonchev–Trinajstić information content (AvgIpc) is 3.22. The Labute approximate surface area is 208 Å². The van der Waals surface area contributed by atoms with Crippen LogP contribution in [0, 0.1) is 0 Å². The minimum absolute atomic E-state index is 0.00154. The number of halogens is 1. The third kappa shape index (κ3) is 6.23. The van der Waals surface area contributed by atoms with Crippen LogP contribution in [-0.4, -0.2) is 50.9 Å². The van der Waals surface area contributed by atoms with Gasteiger partial charge in [-0.15, -0.1) is 0 Å². The number of hydrogen-bond acceptors (Lipinski definition) is 6. The van der Waals surface area contributed by atoms with Gasteiger partial charge in [-0.05, 0) is 69.9 Å². The van der Waals surface area contributed by atoms with Gasteiger partial charge in [0.1, 0.15) is 18.1 Å². The van der Waals surface area contributed by atoms with Crippen LogP contribution in [-0.2, 0) is 0 Å². The van der Waals surface area contributed by atoms with Crippen LogP contribution in [0.15, 0.2) is 42.7 Å². The summed E-state index contributed by atoms with van der Waals surface area (Å²) < 4.78 is 13.2. The highest BCUT2D eigenvalue weighted by Crippen LogP contribution is 2.29. The van der Waals surface area contributed by atoms with E-state index in [1.807, 2.05) is 0 Å². The highest BCUT2D eigenvalue weighted by Gasteiger charge is 2.26. The summed E-state index contributed by atoms with van der Waals surface area (Å²) in [6.07, 6.45) is 6.01. The molecule has 4 rings (SSSR count). The Kier molecular flexibility index (Phi) is 7.18. The van der Waals surface area contributed by atoms with Gasteiger partial charge in [0.25, 0.3) is 11.8 Å². The first-order valence-corrected chi connectivity index (χ1v) is 11.9. The molecule has 1 aliphatic carbocycles. The molecular weight excluding hydrogens is 472 g/mol. The lowest BCUT2D eigenvalue weighted by Crippen LogP contribution is -2.39. The lowest BCUT2D eigenvalue weighted by molar-refractivity contribution is 0.0283. The molecule has 186 valence electrons. The lowest BCUT2D eigenvalue weighted by Gasteiger charge is -2.30. The number of nitrogens with one attached hydrogen (secondary N) is 1. The van der Waals surface area contributed by atoms with Gasteiger partial charge in [-0.1, -0.05) is 11.6 Å². The maximum atomic E-state index is 12.9. The van der Waals surface area contributed by atoms with E-state index in [0.29, 0.717) is 46.0 Å². The van der Waals surface area contributed by atoms with Gasteiger partial charge in [0.05, 0.1) is 40.7 Å². The second-order valence-electron chi connectivity index (χ2n) is 9.42. The van der Waals surface area contributed by atoms with Crippen LogP contribution in [0.3, 0.4) is 0 Å². The van der Waals surface area contributed by atoms with E-state index in [-0.39, 0.29) is 24.7 Å². The predicted molar refractivity (Wildman–Crippen MR) is 131 cm³/mol. The van der Waals surface area contributed by atoms with E-state index in [2.05, 4.69) is 10.4 Å². The number of carbonyl (C=O) groups is 2. The van der Waals surface area contributed by atoms with Crippen molar-refractivity contribution in [1.29, 1.82) is 0 Å². The van der Waals surface area contributed by atoms with Crippen LogP contribution in [0.1, 0.15) is 60.2 Å². The van der Waals surface area contributed by atoms with Crippen molar-refractivity contribution in [3.63, 3.8) is 0 Å². The number of amides is 2. The van der Waals surface area contributed by atoms with Crippen molar-refractivity contribution >= 4 is 28.9 Å². The van der Waals surface area contributed by atoms with Gasteiger partial charge >= 0.3 is 0 Å². The zero-order valence-electron chi connectivity index (χ0n) is 19.7. The summed E-state index contributed by atoms with van der Waals surface area (Å²) in [5.41, 5.74) is 5.92. The highest BCUT2D eigenvalue weighted by molar-refractivity contribution is 6.30. The van der Waals surface area contributed by atoms with Crippen molar-refractivity contribution in [3.8, 4) is 11.5 Å². The van der Waals surface area contributed by atoms with Crippen molar-refractivity contribution in [3.05, 3.63) is 58.9 Å². The summed E-state index contributed by atoms with van der Waals surface area (Å²) in [6.45, 7) is 3.47. The largest absolute Gasteiger partial charge is 0.490 e. The third-order valence-corrected chi connectivity index (χ3v) is 6.07. The van der Waals surface area contributed by atoms with E-state index in [0.717, 1.165) is 12.8 Å². The molecule has 35 heavy (non-hydrogen) atoms. The second-order valence-corrected chi connectivity index (χ2v) is 9.86. The number of ether oxygens (including phenoxy) is 2. The van der Waals surface area contributed by atoms with Gasteiger partial charge < -0.3 is 25.6 Å². The molecule has 4 N–H and O–H groups in total. The fourth-order valence-electron chi connectivity index (χ4n) is 4.05. The quantitative estimate of drug-likeness (QED) is 0.435. The number of pyridine rings is 1. The average molecular weight is 501 g/mol. The predicted octanol–water partition coefficient (Wildman–Crippen LogP) is 3.36. The molecule has 3 aromatic rings. The Bertz CT molecular complexity index is 1230. The molecule has 0 aliphatic heterocycles. The van der Waals surface area contributed by atoms with Gasteiger partial charge in [-0.25, -0.2) is 4.52 Å². The fourth-order valence-corrected chi connectivity index (χ4v) is 4.21. The SMILES string of the molecule is CC(C)(O)COc1ccc2c(C(=O)NC3CCC(Oc4cc(Cl)ccc4C(N)=O)CC3)cnn2c1. The molecule has 0 spiro atoms. The second kappa shape index (κ2) is 10.1. The van der Waals surface area contributed by atoms with E-state index < -0.39 is 11.5 Å². The molecule has 9 nitrogen and oxygen atoms in total. The Balaban J connectivity index is 1.34. The van der Waals surface area contributed by atoms with E-state index in [1.165, 1.54) is 6.20 Å². The van der Waals surface area contributed by atoms with E-state index >= 15 is 0 Å². The summed E-state index contributed by atoms with van der Waals surface area (Å²) in [5.74, 6) is 0.171. The zero-order valence-corrected chi connectivity index (χ0v) is 20.4. The summed E-state index contributed by atoms with van der Waals surface area (Å²) >= 11 is 6.05. The van der Waals surface area contributed by atoms with Crippen LogP contribution in [0.25, 0.3) is 5.52 Å². The number of nitrogens with two attached hydrogens (primary N) is 1. The number of nitrogens with zero attached hydrogens (tertiary/aromatic N) is 2. The number of benzene rings is 1. The van der Waals surface area contributed by atoms with E-state index in [4.69, 9.17) is 26.8 Å². The molecule has 2 heterocycles. The van der Waals surface area contributed by atoms with Crippen molar-refractivity contribution in [2.24, 2.45) is 5.73 Å². The zero-order chi connectivity index (χ0) is 25.2. The Morgan fingerprint density at radius 2 is 1.94 bits per heavy atom. The number of fused-ring (bicyclic) bond motifs is 1. The molecule has 0 radical (unpaired) electrons. The number of aromatic nitrogens is 2. The Hall–Kier alpha value is -3.30. The maximum absolute atomic E-state index is 12.9. The summed E-state index contributed by atoms with van der Waals surface area (Å²) in [6, 6.07) is 8.28. The van der Waals surface area contributed by atoms with Gasteiger partial charge in [0.2, 0.25) is 0 Å². The van der Waals surface area contributed by atoms with Gasteiger partial charge in [-0.2, -0.15) is 5.10 Å². The minimum atomic E-state index is -0.952. The van der Waals surface area contributed by atoms with Crippen LogP contribution < -0.4 is 20.5 Å². The number of aliphatic hydroxyl groups is 1. The molecule has 1 saturated carbocycles. The standard InChI is InChI=1S/C25H29ClN4O5/c1-25(2,33)14-34-18-8-10-21-20(12-28-30(21)13-18)24(32)29-16-4-6-17(7-5-16)35-22-11-15(26)3-9-19(22)23(27)31/h3,8-13,16-17,33H,4-7,14H2,1-2H3,(H2,27,31)(H,29,32). The van der Waals surface area contributed by atoms with Crippen molar-refractivity contribution in [1.82, 2.24) is 14.9 Å². The van der Waals surface area contributed by atoms with Crippen molar-refractivity contribution in [2.75, 3.05) is 6.61 Å². The molecule has 1 fully saturated rings. The number of carbonyl (C=O) groups excluding carboxylic acids is 2. The van der Waals surface area contributed by atoms with Gasteiger partial charge in [-0.3, -0.25) is 9.59 Å². The Morgan fingerprint density at radius 1 is 1.20 bits per heavy atom. The van der Waals surface area contributed by atoms with E-state index in [9.17, 15) is 14.7 Å². The molecule has 10 heteroatoms. The molecular formula is C25H29ClN4O5. The summed E-state index contributed by atoms with van der Waals surface area (Å²) in [7, 11) is 0. The van der Waals surface area contributed by atoms with E-state index in [1.54, 1.807) is 54.9 Å². The van der Waals surface area contributed by atoms with Crippen molar-refractivity contribution in [2.45, 2.75) is 57.3 Å². The summed E-state index contributed by atoms with van der Waals surface area (Å²) in [5, 5.41) is 17.7. The van der Waals surface area contributed by atoms with Crippen LogP contribution >= 0.6 is 11.6 Å². The highest BCUT2D eigenvalue weighted by atomic mass is 35.5. The summed E-state index contributed by atoms with van der Waals surface area (Å²) in [4.78, 5) is 24.6. The molecule has 0 atom stereocenters. The van der Waals surface area contributed by atoms with Gasteiger partial charge in [0.15, 0.2) is 0 Å². The molecule has 1 aliphatic rings. The van der Waals surface area contributed by atoms with Crippen LogP contribution in [0.5, 0.6) is 11.5 Å². The molecule has 0 unspecified atom stereocenters. The van der Waals surface area contributed by atoms with Crippen LogP contribution in [0.2, 0.25) is 5.02 Å². The smallest absolute Gasteiger partial charge is 0.255 e. The number of hydrogen-bond donors (Lipinski definition) is 3. The van der Waals surface area contributed by atoms with Crippen LogP contribution in [0.4, 0.5) is 0 Å². The van der Waals surface area contributed by atoms with Crippen molar-refractivity contribution < 1.29 is 24.2 Å². The monoisotopic (exact) mass is 500 g/mol. The molecule has 0 saturated heterocycles. The molecule has 2 amide bonds. The third-order valence-electron chi connectivity index (χ3n) is 5.84. The number of rotatable bonds is 8. The first-order chi connectivity index (χ1) is 16.6. The minimum Gasteiger partial charge on any atom is -0.490 e. The molecule has 1 aromatic carbocycles. The normalized spacial score (nSPS) is 18.3. The van der Waals surface area contributed by atoms with Gasteiger partial charge in [0, 0.05) is 11.1 Å². The molecule has 2 aromatic heterocycles. The first-order valence-electron chi connectivity index (χ1n) is 11.5. The fraction of sp³-hybridized carbons (Fsp3) is 0.400. The molecule has 0 bridgehead atoms. The topological polar surface area (TPSA) is 128 Å². The maximum Gasteiger partial charge on any atom is 0.255 e. The Morgan fingerprint density at radius 3 is 2.63 bits per heavy atom. The lowest BCUT2D eigenvalue weighted by atomic mass is 9.92. The first kappa shape index (κ1) is 24.8. The number of primary amides is 1.